The van der Waals surface area contributed by atoms with Gasteiger partial charge < -0.3 is 14.8 Å². The Kier molecular flexibility index (Phi) is 9.64. The third kappa shape index (κ3) is 7.04. The van der Waals surface area contributed by atoms with Gasteiger partial charge in [-0.25, -0.2) is 9.59 Å². The maximum absolute atomic E-state index is 12.9. The number of unbranched alkanes of at least 4 members (excludes halogenated alkanes) is 1. The van der Waals surface area contributed by atoms with Gasteiger partial charge >= 0.3 is 12.1 Å². The van der Waals surface area contributed by atoms with Crippen LogP contribution >= 0.6 is 0 Å². The van der Waals surface area contributed by atoms with Crippen molar-refractivity contribution in [1.82, 2.24) is 10.2 Å². The quantitative estimate of drug-likeness (QED) is 0.586. The molecule has 7 nitrogen and oxygen atoms in total. The molecule has 166 valence electrons. The molecule has 0 radical (unpaired) electrons. The third-order valence-corrected chi connectivity index (χ3v) is 5.50. The van der Waals surface area contributed by atoms with E-state index >= 15 is 0 Å². The van der Waals surface area contributed by atoms with E-state index in [-0.39, 0.29) is 24.5 Å². The highest BCUT2D eigenvalue weighted by atomic mass is 16.6. The molecule has 0 bridgehead atoms. The van der Waals surface area contributed by atoms with E-state index < -0.39 is 18.1 Å². The van der Waals surface area contributed by atoms with E-state index in [1.807, 2.05) is 37.3 Å². The van der Waals surface area contributed by atoms with E-state index in [0.717, 1.165) is 24.8 Å². The van der Waals surface area contributed by atoms with Gasteiger partial charge in [0, 0.05) is 25.9 Å². The summed E-state index contributed by atoms with van der Waals surface area (Å²) < 4.78 is 11.2. The van der Waals surface area contributed by atoms with Crippen molar-refractivity contribution in [3.05, 3.63) is 35.9 Å². The zero-order valence-electron chi connectivity index (χ0n) is 18.3. The van der Waals surface area contributed by atoms with E-state index in [0.29, 0.717) is 25.8 Å². The predicted molar refractivity (Wildman–Crippen MR) is 114 cm³/mol. The van der Waals surface area contributed by atoms with E-state index in [2.05, 4.69) is 12.2 Å². The summed E-state index contributed by atoms with van der Waals surface area (Å²) >= 11 is 0. The number of ether oxygens (including phenoxy) is 2. The summed E-state index contributed by atoms with van der Waals surface area (Å²) in [6.07, 6.45) is 3.32. The number of likely N-dealkylation sites (tertiary alicyclic amines) is 1. The van der Waals surface area contributed by atoms with Crippen LogP contribution in [0.5, 0.6) is 0 Å². The van der Waals surface area contributed by atoms with Crippen LogP contribution in [0.4, 0.5) is 4.79 Å². The Morgan fingerprint density at radius 3 is 2.63 bits per heavy atom. The number of esters is 1. The van der Waals surface area contributed by atoms with E-state index in [1.165, 1.54) is 4.90 Å². The van der Waals surface area contributed by atoms with Gasteiger partial charge in [0.2, 0.25) is 5.91 Å². The first kappa shape index (κ1) is 23.7. The van der Waals surface area contributed by atoms with Crippen LogP contribution in [0.15, 0.2) is 30.3 Å². The Morgan fingerprint density at radius 1 is 1.23 bits per heavy atom. The lowest BCUT2D eigenvalue weighted by atomic mass is 9.95. The fourth-order valence-corrected chi connectivity index (χ4v) is 3.65. The Morgan fingerprint density at radius 2 is 1.97 bits per heavy atom. The van der Waals surface area contributed by atoms with Crippen LogP contribution in [0.1, 0.15) is 57.9 Å². The molecule has 0 unspecified atom stereocenters. The lowest BCUT2D eigenvalue weighted by molar-refractivity contribution is -0.157. The summed E-state index contributed by atoms with van der Waals surface area (Å²) in [6.45, 7) is 4.63. The molecule has 2 amide bonds. The molecule has 1 heterocycles. The second-order valence-corrected chi connectivity index (χ2v) is 7.86. The molecule has 3 atom stereocenters. The van der Waals surface area contributed by atoms with Crippen molar-refractivity contribution in [1.29, 1.82) is 0 Å². The molecule has 1 saturated heterocycles. The minimum atomic E-state index is -0.635. The summed E-state index contributed by atoms with van der Waals surface area (Å²) in [6, 6.07) is 8.80. The number of rotatable bonds is 10. The van der Waals surface area contributed by atoms with Crippen LogP contribution in [0, 0.1) is 5.92 Å². The molecule has 1 aliphatic heterocycles. The highest BCUT2D eigenvalue weighted by Gasteiger charge is 2.38. The van der Waals surface area contributed by atoms with E-state index in [1.54, 1.807) is 7.05 Å². The highest BCUT2D eigenvalue weighted by Crippen LogP contribution is 2.24. The first-order chi connectivity index (χ1) is 14.5. The average Bonchev–Trinajstić information content (AvgIpc) is 3.25. The van der Waals surface area contributed by atoms with Crippen LogP contribution < -0.4 is 5.32 Å². The van der Waals surface area contributed by atoms with Gasteiger partial charge in [0.1, 0.15) is 18.8 Å². The molecule has 0 spiro atoms. The molecule has 2 rings (SSSR count). The highest BCUT2D eigenvalue weighted by molar-refractivity contribution is 5.82. The van der Waals surface area contributed by atoms with Crippen molar-refractivity contribution in [2.45, 2.75) is 71.1 Å². The average molecular weight is 419 g/mol. The van der Waals surface area contributed by atoms with Crippen LogP contribution in [0.25, 0.3) is 0 Å². The minimum absolute atomic E-state index is 0.0768. The van der Waals surface area contributed by atoms with Crippen LogP contribution in [-0.2, 0) is 25.7 Å². The van der Waals surface area contributed by atoms with Gasteiger partial charge in [-0.1, -0.05) is 57.0 Å². The predicted octanol–water partition coefficient (Wildman–Crippen LogP) is 3.66. The number of carbonyl (C=O) groups is 3. The van der Waals surface area contributed by atoms with Crippen LogP contribution in [0.2, 0.25) is 0 Å². The molecule has 1 aromatic carbocycles. The zero-order valence-corrected chi connectivity index (χ0v) is 18.3. The molecule has 0 saturated carbocycles. The fraction of sp³-hybridized carbons (Fsp3) is 0.609. The molecular weight excluding hydrogens is 384 g/mol. The van der Waals surface area contributed by atoms with Gasteiger partial charge in [0.25, 0.3) is 0 Å². The second-order valence-electron chi connectivity index (χ2n) is 7.86. The molecule has 0 aliphatic carbocycles. The van der Waals surface area contributed by atoms with Gasteiger partial charge in [-0.3, -0.25) is 9.69 Å². The van der Waals surface area contributed by atoms with Crippen LogP contribution in [-0.4, -0.2) is 48.6 Å². The van der Waals surface area contributed by atoms with Crippen molar-refractivity contribution >= 4 is 18.0 Å². The first-order valence-electron chi connectivity index (χ1n) is 10.8. The third-order valence-electron chi connectivity index (χ3n) is 5.50. The number of hydrogen-bond acceptors (Lipinski definition) is 5. The molecule has 1 N–H and O–H groups in total. The zero-order chi connectivity index (χ0) is 21.9. The summed E-state index contributed by atoms with van der Waals surface area (Å²) in [5, 5.41) is 2.62. The topological polar surface area (TPSA) is 84.9 Å². The summed E-state index contributed by atoms with van der Waals surface area (Å²) in [5.41, 5.74) is 0.895. The first-order valence-corrected chi connectivity index (χ1v) is 10.8. The fourth-order valence-electron chi connectivity index (χ4n) is 3.65. The summed E-state index contributed by atoms with van der Waals surface area (Å²) in [7, 11) is 1.60. The van der Waals surface area contributed by atoms with Crippen molar-refractivity contribution in [3.63, 3.8) is 0 Å². The van der Waals surface area contributed by atoms with Gasteiger partial charge in [0.15, 0.2) is 0 Å². The maximum Gasteiger partial charge on any atom is 0.410 e. The number of carbonyl (C=O) groups excluding carboxylic acids is 3. The molecular formula is C23H34N2O5. The van der Waals surface area contributed by atoms with E-state index in [4.69, 9.17) is 9.47 Å². The number of benzene rings is 1. The number of nitrogens with one attached hydrogen (secondary N) is 1. The molecule has 1 aromatic rings. The maximum atomic E-state index is 12.9. The normalized spacial score (nSPS) is 17.8. The number of amides is 2. The van der Waals surface area contributed by atoms with Crippen LogP contribution in [0.3, 0.4) is 0 Å². The van der Waals surface area contributed by atoms with Gasteiger partial charge in [-0.05, 0) is 24.8 Å². The van der Waals surface area contributed by atoms with Crippen molar-refractivity contribution in [3.8, 4) is 0 Å². The molecule has 7 heteroatoms. The Balaban J connectivity index is 1.95. The number of hydrogen-bond donors (Lipinski definition) is 1. The molecule has 1 fully saturated rings. The largest absolute Gasteiger partial charge is 0.461 e. The second kappa shape index (κ2) is 12.2. The molecule has 30 heavy (non-hydrogen) atoms. The van der Waals surface area contributed by atoms with Crippen molar-refractivity contribution < 1.29 is 23.9 Å². The summed E-state index contributed by atoms with van der Waals surface area (Å²) in [4.78, 5) is 38.7. The lowest BCUT2D eigenvalue weighted by Gasteiger charge is -2.28. The molecule has 1 aliphatic rings. The SMILES string of the molecule is CCCC[C@H](OC(=O)[C@@H]1CCCN1C(=O)OCc1ccccc1)[C@H](C)CC(=O)NC. The van der Waals surface area contributed by atoms with Crippen molar-refractivity contribution in [2.75, 3.05) is 13.6 Å². The number of nitrogens with zero attached hydrogens (tertiary/aromatic N) is 1. The molecule has 0 aromatic heterocycles. The van der Waals surface area contributed by atoms with Gasteiger partial charge in [-0.15, -0.1) is 0 Å². The monoisotopic (exact) mass is 418 g/mol. The van der Waals surface area contributed by atoms with Gasteiger partial charge in [-0.2, -0.15) is 0 Å². The minimum Gasteiger partial charge on any atom is -0.461 e. The smallest absolute Gasteiger partial charge is 0.410 e. The Hall–Kier alpha value is -2.57. The lowest BCUT2D eigenvalue weighted by Crippen LogP contribution is -2.43. The van der Waals surface area contributed by atoms with E-state index in [9.17, 15) is 14.4 Å². The summed E-state index contributed by atoms with van der Waals surface area (Å²) in [5.74, 6) is -0.582. The van der Waals surface area contributed by atoms with Gasteiger partial charge in [0.05, 0.1) is 0 Å². The Bertz CT molecular complexity index is 694. The van der Waals surface area contributed by atoms with Crippen molar-refractivity contribution in [2.24, 2.45) is 5.92 Å². The Labute approximate surface area is 179 Å². The standard InChI is InChI=1S/C23H34N2O5/c1-4-5-13-20(17(2)15-21(26)24-3)30-22(27)19-12-9-14-25(19)23(28)29-16-18-10-7-6-8-11-18/h6-8,10-11,17,19-20H,4-5,9,12-16H2,1-3H3,(H,24,26)/t17-,19+,20+/m1/s1.